The standard InChI is InChI=1S/C35H34F3N7O4/c36-20-13-34(7-1-10-45(34)16-20)18-48-33-41-31-24-15-39-30(29(31)38)23-12-21(46)11-19-3-5-25(37)22(28(19)23)4-6-27-40-26(43-49-27)14-35(47)8-2-9-44(17-35)32(24)42-33/h3,5,11-12,15,20,46-47H,1-2,4,6-10,13-14,16-18H2/t20-,34+,35?/m1/s1. The number of rotatable bonds is 3. The second-order valence-electron chi connectivity index (χ2n) is 14.0. The molecular weight excluding hydrogens is 639 g/mol. The molecule has 1 unspecified atom stereocenters. The van der Waals surface area contributed by atoms with Crippen LogP contribution in [0.25, 0.3) is 32.9 Å². The van der Waals surface area contributed by atoms with Gasteiger partial charge < -0.3 is 24.4 Å². The maximum Gasteiger partial charge on any atom is 0.319 e. The minimum atomic E-state index is -1.26. The van der Waals surface area contributed by atoms with Crippen molar-refractivity contribution in [2.45, 2.75) is 68.7 Å². The van der Waals surface area contributed by atoms with Crippen molar-refractivity contribution in [3.8, 4) is 23.0 Å². The monoisotopic (exact) mass is 673 g/mol. The normalized spacial score (nSPS) is 25.4. The molecule has 2 aromatic carbocycles. The topological polar surface area (TPSA) is 134 Å². The third-order valence-corrected chi connectivity index (χ3v) is 10.7. The minimum absolute atomic E-state index is 0.0733. The highest BCUT2D eigenvalue weighted by molar-refractivity contribution is 6.01. The summed E-state index contributed by atoms with van der Waals surface area (Å²) < 4.78 is 58.9. The molecule has 3 fully saturated rings. The highest BCUT2D eigenvalue weighted by atomic mass is 19.1. The van der Waals surface area contributed by atoms with Gasteiger partial charge in [-0.15, -0.1) is 0 Å². The van der Waals surface area contributed by atoms with Gasteiger partial charge in [0.15, 0.2) is 11.6 Å². The first kappa shape index (κ1) is 30.5. The first-order valence-electron chi connectivity index (χ1n) is 16.8. The maximum atomic E-state index is 17.0. The number of aromatic hydroxyl groups is 1. The average Bonchev–Trinajstić information content (AvgIpc) is 3.76. The van der Waals surface area contributed by atoms with E-state index in [4.69, 9.17) is 14.2 Å². The molecule has 0 amide bonds. The molecule has 3 aromatic heterocycles. The number of anilines is 1. The van der Waals surface area contributed by atoms with Gasteiger partial charge in [-0.1, -0.05) is 11.2 Å². The molecule has 5 aliphatic rings. The molecule has 14 heteroatoms. The number of fused-ring (bicyclic) bond motifs is 3. The summed E-state index contributed by atoms with van der Waals surface area (Å²) in [4.78, 5) is 22.4. The van der Waals surface area contributed by atoms with Crippen molar-refractivity contribution in [1.82, 2.24) is 30.0 Å². The van der Waals surface area contributed by atoms with E-state index in [-0.39, 0.29) is 72.4 Å². The summed E-state index contributed by atoms with van der Waals surface area (Å²) in [5.74, 6) is -0.522. The molecule has 0 aliphatic carbocycles. The fourth-order valence-electron chi connectivity index (χ4n) is 8.52. The molecule has 0 saturated carbocycles. The summed E-state index contributed by atoms with van der Waals surface area (Å²) in [6.07, 6.45) is 4.06. The van der Waals surface area contributed by atoms with E-state index in [1.54, 1.807) is 0 Å². The van der Waals surface area contributed by atoms with Crippen molar-refractivity contribution in [1.29, 1.82) is 0 Å². The third-order valence-electron chi connectivity index (χ3n) is 10.7. The van der Waals surface area contributed by atoms with Gasteiger partial charge in [-0.3, -0.25) is 9.88 Å². The summed E-state index contributed by atoms with van der Waals surface area (Å²) in [5, 5.41) is 27.8. The quantitative estimate of drug-likeness (QED) is 0.273. The molecule has 0 spiro atoms. The van der Waals surface area contributed by atoms with Gasteiger partial charge in [-0.25, -0.2) is 13.2 Å². The van der Waals surface area contributed by atoms with Gasteiger partial charge in [0.25, 0.3) is 0 Å². The van der Waals surface area contributed by atoms with E-state index in [1.807, 2.05) is 4.90 Å². The minimum Gasteiger partial charge on any atom is -0.508 e. The fourth-order valence-corrected chi connectivity index (χ4v) is 8.52. The lowest BCUT2D eigenvalue weighted by Gasteiger charge is -2.39. The van der Waals surface area contributed by atoms with E-state index >= 15 is 8.78 Å². The number of alkyl halides is 1. The largest absolute Gasteiger partial charge is 0.508 e. The summed E-state index contributed by atoms with van der Waals surface area (Å²) in [5.41, 5.74) is -1.49. The van der Waals surface area contributed by atoms with E-state index in [2.05, 4.69) is 25.0 Å². The van der Waals surface area contributed by atoms with Crippen LogP contribution in [0.15, 0.2) is 35.0 Å². The lowest BCUT2D eigenvalue weighted by molar-refractivity contribution is 0.0238. The van der Waals surface area contributed by atoms with Gasteiger partial charge in [-0.05, 0) is 73.2 Å². The van der Waals surface area contributed by atoms with Gasteiger partial charge in [-0.2, -0.15) is 15.0 Å². The zero-order valence-corrected chi connectivity index (χ0v) is 26.6. The van der Waals surface area contributed by atoms with Crippen molar-refractivity contribution in [2.24, 2.45) is 0 Å². The van der Waals surface area contributed by atoms with Gasteiger partial charge in [0.2, 0.25) is 5.89 Å². The number of nitrogens with zero attached hydrogens (tertiary/aromatic N) is 7. The maximum absolute atomic E-state index is 17.0. The number of benzene rings is 2. The summed E-state index contributed by atoms with van der Waals surface area (Å²) in [7, 11) is 0. The number of aliphatic hydroxyl groups is 1. The first-order chi connectivity index (χ1) is 23.7. The van der Waals surface area contributed by atoms with Crippen LogP contribution in [-0.4, -0.2) is 90.3 Å². The molecule has 0 radical (unpaired) electrons. The summed E-state index contributed by atoms with van der Waals surface area (Å²) >= 11 is 0. The number of phenols is 1. The number of aromatic nitrogens is 5. The number of halogens is 3. The Hall–Kier alpha value is -4.56. The van der Waals surface area contributed by atoms with Crippen molar-refractivity contribution in [3.05, 3.63) is 59.4 Å². The van der Waals surface area contributed by atoms with E-state index in [1.165, 1.54) is 30.5 Å². The number of hydrogen-bond acceptors (Lipinski definition) is 11. The highest BCUT2D eigenvalue weighted by Crippen LogP contribution is 2.42. The van der Waals surface area contributed by atoms with Crippen LogP contribution < -0.4 is 9.64 Å². The third kappa shape index (κ3) is 5.14. The lowest BCUT2D eigenvalue weighted by Crippen LogP contribution is -2.50. The Labute approximate surface area is 278 Å². The van der Waals surface area contributed by atoms with Crippen molar-refractivity contribution in [2.75, 3.05) is 37.7 Å². The molecule has 8 bridgehead atoms. The van der Waals surface area contributed by atoms with Crippen LogP contribution in [0.3, 0.4) is 0 Å². The average molecular weight is 674 g/mol. The molecule has 5 aliphatic heterocycles. The summed E-state index contributed by atoms with van der Waals surface area (Å²) in [6, 6.07) is 5.61. The molecule has 8 heterocycles. The number of ether oxygens (including phenoxy) is 1. The van der Waals surface area contributed by atoms with Crippen LogP contribution in [0.1, 0.15) is 49.4 Å². The molecule has 11 nitrogen and oxygen atoms in total. The zero-order chi connectivity index (χ0) is 33.5. The SMILES string of the molecule is Oc1cc2c3c(c(F)ccc3c1)CCc1nc(no1)CC1(O)CCCN(C1)c1nc(OC[C@@]34CCCN3C[C@H](F)C4)nc3c(F)c-2ncc13. The number of piperidine rings is 1. The Morgan fingerprint density at radius 2 is 1.94 bits per heavy atom. The lowest BCUT2D eigenvalue weighted by atomic mass is 9.89. The molecule has 254 valence electrons. The Bertz CT molecular complexity index is 2130. The molecule has 3 saturated heterocycles. The van der Waals surface area contributed by atoms with Crippen molar-refractivity contribution in [3.63, 3.8) is 0 Å². The van der Waals surface area contributed by atoms with Crippen molar-refractivity contribution >= 4 is 27.5 Å². The van der Waals surface area contributed by atoms with Crippen LogP contribution in [0, 0.1) is 11.6 Å². The molecule has 2 N–H and O–H groups in total. The number of hydrogen-bond donors (Lipinski definition) is 2. The van der Waals surface area contributed by atoms with Gasteiger partial charge in [0.1, 0.15) is 41.4 Å². The highest BCUT2D eigenvalue weighted by Gasteiger charge is 2.49. The van der Waals surface area contributed by atoms with E-state index in [9.17, 15) is 14.6 Å². The zero-order valence-electron chi connectivity index (χ0n) is 26.6. The Kier molecular flexibility index (Phi) is 6.99. The van der Waals surface area contributed by atoms with Crippen LogP contribution in [0.2, 0.25) is 0 Å². The van der Waals surface area contributed by atoms with Gasteiger partial charge in [0.05, 0.1) is 16.5 Å². The molecule has 3 atom stereocenters. The van der Waals surface area contributed by atoms with E-state index < -0.39 is 28.9 Å². The van der Waals surface area contributed by atoms with Crippen LogP contribution in [0.5, 0.6) is 11.8 Å². The number of pyridine rings is 1. The van der Waals surface area contributed by atoms with Gasteiger partial charge in [0, 0.05) is 50.7 Å². The second kappa shape index (κ2) is 11.2. The fraction of sp³-hybridized carbons (Fsp3) is 0.457. The molecule has 10 rings (SSSR count). The molecule has 5 aromatic rings. The predicted molar refractivity (Wildman–Crippen MR) is 172 cm³/mol. The van der Waals surface area contributed by atoms with E-state index in [0.717, 1.165) is 19.4 Å². The van der Waals surface area contributed by atoms with Crippen LogP contribution >= 0.6 is 0 Å². The van der Waals surface area contributed by atoms with Gasteiger partial charge >= 0.3 is 6.01 Å². The summed E-state index contributed by atoms with van der Waals surface area (Å²) in [6.45, 7) is 1.92. The smallest absolute Gasteiger partial charge is 0.319 e. The second-order valence-corrected chi connectivity index (χ2v) is 14.0. The van der Waals surface area contributed by atoms with Crippen molar-refractivity contribution < 1.29 is 32.6 Å². The number of phenolic OH excluding ortho intramolecular Hbond substituents is 1. The van der Waals surface area contributed by atoms with Crippen LogP contribution in [0.4, 0.5) is 19.0 Å². The van der Waals surface area contributed by atoms with E-state index in [0.29, 0.717) is 60.2 Å². The predicted octanol–water partition coefficient (Wildman–Crippen LogP) is 4.84. The Balaban J connectivity index is 1.24. The molecular formula is C35H34F3N7O4. The van der Waals surface area contributed by atoms with Crippen LogP contribution in [-0.2, 0) is 19.3 Å². The number of aryl methyl sites for hydroxylation is 2. The Morgan fingerprint density at radius 1 is 1.06 bits per heavy atom. The molecule has 49 heavy (non-hydrogen) atoms. The first-order valence-corrected chi connectivity index (χ1v) is 16.8. The Morgan fingerprint density at radius 3 is 2.84 bits per heavy atom.